The molecule has 0 aliphatic heterocycles. The van der Waals surface area contributed by atoms with E-state index in [1.807, 2.05) is 66.7 Å². The molecular weight excluding hydrogens is 548 g/mol. The molecule has 4 aromatic rings. The minimum absolute atomic E-state index is 0.182. The topological polar surface area (TPSA) is 85.7 Å². The molecule has 1 aromatic heterocycles. The van der Waals surface area contributed by atoms with Gasteiger partial charge in [-0.25, -0.2) is 5.43 Å². The second kappa shape index (κ2) is 14.0. The van der Waals surface area contributed by atoms with Crippen LogP contribution in [0.3, 0.4) is 0 Å². The summed E-state index contributed by atoms with van der Waals surface area (Å²) in [5.41, 5.74) is 5.52. The highest BCUT2D eigenvalue weighted by molar-refractivity contribution is 8.03. The lowest BCUT2D eigenvalue weighted by Gasteiger charge is -2.11. The predicted octanol–water partition coefficient (Wildman–Crippen LogP) is 6.31. The van der Waals surface area contributed by atoms with Gasteiger partial charge in [0.25, 0.3) is 5.91 Å². The Hall–Kier alpha value is -3.05. The van der Waals surface area contributed by atoms with E-state index >= 15 is 0 Å². The number of ether oxygens (including phenoxy) is 2. The number of halogens is 1. The third-order valence-electron chi connectivity index (χ3n) is 4.82. The Balaban J connectivity index is 1.23. The van der Waals surface area contributed by atoms with E-state index in [2.05, 4.69) is 20.7 Å². The lowest BCUT2D eigenvalue weighted by Crippen LogP contribution is -2.19. The second-order valence-electron chi connectivity index (χ2n) is 7.52. The Morgan fingerprint density at radius 3 is 2.51 bits per heavy atom. The van der Waals surface area contributed by atoms with Crippen LogP contribution in [-0.4, -0.2) is 35.2 Å². The van der Waals surface area contributed by atoms with E-state index in [0.717, 1.165) is 31.1 Å². The zero-order chi connectivity index (χ0) is 25.9. The Bertz CT molecular complexity index is 1330. The van der Waals surface area contributed by atoms with Crippen LogP contribution in [0.25, 0.3) is 0 Å². The van der Waals surface area contributed by atoms with Gasteiger partial charge in [-0.1, -0.05) is 88.9 Å². The van der Waals surface area contributed by atoms with Crippen LogP contribution in [0.2, 0.25) is 5.02 Å². The number of aromatic nitrogens is 2. The van der Waals surface area contributed by atoms with Crippen molar-refractivity contribution in [3.63, 3.8) is 0 Å². The van der Waals surface area contributed by atoms with E-state index in [1.54, 1.807) is 31.2 Å². The van der Waals surface area contributed by atoms with E-state index in [0.29, 0.717) is 23.1 Å². The van der Waals surface area contributed by atoms with Gasteiger partial charge in [-0.05, 0) is 47.0 Å². The maximum absolute atomic E-state index is 12.2. The molecule has 0 saturated heterocycles. The van der Waals surface area contributed by atoms with Crippen molar-refractivity contribution in [1.82, 2.24) is 15.6 Å². The monoisotopic (exact) mass is 570 g/mol. The van der Waals surface area contributed by atoms with E-state index in [9.17, 15) is 4.79 Å². The molecule has 0 fully saturated rings. The van der Waals surface area contributed by atoms with Gasteiger partial charge < -0.3 is 9.47 Å². The summed E-state index contributed by atoms with van der Waals surface area (Å²) in [5.74, 6) is 1.94. The summed E-state index contributed by atoms with van der Waals surface area (Å²) in [6, 6.07) is 23.0. The van der Waals surface area contributed by atoms with E-state index in [-0.39, 0.29) is 11.7 Å². The number of nitrogens with zero attached hydrogens (tertiary/aromatic N) is 3. The molecule has 37 heavy (non-hydrogen) atoms. The Kier molecular flexibility index (Phi) is 10.2. The predicted molar refractivity (Wildman–Crippen MR) is 151 cm³/mol. The van der Waals surface area contributed by atoms with Gasteiger partial charge in [0.05, 0.1) is 19.1 Å². The first-order valence-electron chi connectivity index (χ1n) is 11.1. The van der Waals surface area contributed by atoms with Crippen LogP contribution in [-0.2, 0) is 17.2 Å². The lowest BCUT2D eigenvalue weighted by molar-refractivity contribution is -0.118. The van der Waals surface area contributed by atoms with Crippen molar-refractivity contribution in [3.05, 3.63) is 94.5 Å². The summed E-state index contributed by atoms with van der Waals surface area (Å²) < 4.78 is 12.9. The third-order valence-corrected chi connectivity index (χ3v) is 8.33. The number of hydrogen-bond donors (Lipinski definition) is 1. The molecule has 1 heterocycles. The van der Waals surface area contributed by atoms with E-state index in [1.165, 1.54) is 23.1 Å². The van der Waals surface area contributed by atoms with Crippen molar-refractivity contribution in [2.24, 2.45) is 5.10 Å². The normalized spacial score (nSPS) is 11.0. The van der Waals surface area contributed by atoms with Crippen LogP contribution in [0.15, 0.2) is 86.6 Å². The van der Waals surface area contributed by atoms with Gasteiger partial charge in [0, 0.05) is 10.8 Å². The van der Waals surface area contributed by atoms with Crippen LogP contribution in [0.4, 0.5) is 0 Å². The number of benzene rings is 3. The van der Waals surface area contributed by atoms with Gasteiger partial charge in [0.2, 0.25) is 0 Å². The zero-order valence-electron chi connectivity index (χ0n) is 19.8. The van der Waals surface area contributed by atoms with Crippen molar-refractivity contribution in [2.45, 2.75) is 21.0 Å². The average Bonchev–Trinajstić information content (AvgIpc) is 3.39. The van der Waals surface area contributed by atoms with Crippen LogP contribution < -0.4 is 14.9 Å². The molecule has 1 N–H and O–H groups in total. The third kappa shape index (κ3) is 8.78. The number of thioether (sulfide) groups is 2. The summed E-state index contributed by atoms with van der Waals surface area (Å²) in [5, 5.41) is 13.1. The number of methoxy groups -OCH3 is 1. The maximum atomic E-state index is 12.2. The molecule has 1 amide bonds. The molecule has 0 bridgehead atoms. The standard InChI is InChI=1S/C26H23ClN4O3S3/c1-33-22-12-9-20(13-23(22)34-15-18-5-3-2-4-6-18)14-28-29-24(32)17-36-26-31-30-25(37-26)35-16-19-7-10-21(27)11-8-19/h2-14H,15-17H2,1H3,(H,29,32)/b28-14-. The molecule has 0 unspecified atom stereocenters. The molecule has 7 nitrogen and oxygen atoms in total. The van der Waals surface area contributed by atoms with Gasteiger partial charge in [-0.2, -0.15) is 5.10 Å². The Morgan fingerprint density at radius 1 is 1.00 bits per heavy atom. The van der Waals surface area contributed by atoms with Crippen molar-refractivity contribution in [1.29, 1.82) is 0 Å². The quantitative estimate of drug-likeness (QED) is 0.121. The number of rotatable bonds is 12. The smallest absolute Gasteiger partial charge is 0.250 e. The molecule has 11 heteroatoms. The average molecular weight is 571 g/mol. The van der Waals surface area contributed by atoms with Crippen LogP contribution in [0, 0.1) is 0 Å². The van der Waals surface area contributed by atoms with Crippen LogP contribution >= 0.6 is 46.5 Å². The first-order chi connectivity index (χ1) is 18.1. The molecular formula is C26H23ClN4O3S3. The van der Waals surface area contributed by atoms with Gasteiger partial charge >= 0.3 is 0 Å². The van der Waals surface area contributed by atoms with Crippen molar-refractivity contribution in [3.8, 4) is 11.5 Å². The molecule has 0 saturated carbocycles. The highest BCUT2D eigenvalue weighted by Crippen LogP contribution is 2.31. The molecule has 3 aromatic carbocycles. The minimum Gasteiger partial charge on any atom is -0.493 e. The summed E-state index contributed by atoms with van der Waals surface area (Å²) in [7, 11) is 1.59. The number of hydrazone groups is 1. The second-order valence-corrected chi connectivity index (χ2v) is 11.4. The fraction of sp³-hybridized carbons (Fsp3) is 0.154. The number of amides is 1. The van der Waals surface area contributed by atoms with E-state index < -0.39 is 0 Å². The first kappa shape index (κ1) is 27.0. The lowest BCUT2D eigenvalue weighted by atomic mass is 10.2. The molecule has 4 rings (SSSR count). The number of carbonyl (C=O) groups is 1. The van der Waals surface area contributed by atoms with Crippen LogP contribution in [0.5, 0.6) is 11.5 Å². The molecule has 0 spiro atoms. The largest absolute Gasteiger partial charge is 0.493 e. The maximum Gasteiger partial charge on any atom is 0.250 e. The van der Waals surface area contributed by atoms with Gasteiger partial charge in [-0.3, -0.25) is 4.79 Å². The molecule has 190 valence electrons. The Morgan fingerprint density at radius 2 is 1.76 bits per heavy atom. The van der Waals surface area contributed by atoms with Crippen molar-refractivity contribution >= 4 is 58.6 Å². The SMILES string of the molecule is COc1ccc(/C=N\NC(=O)CSc2nnc(SCc3ccc(Cl)cc3)s2)cc1OCc1ccccc1. The fourth-order valence-corrected chi connectivity index (χ4v) is 5.89. The summed E-state index contributed by atoms with van der Waals surface area (Å²) in [6.07, 6.45) is 1.56. The van der Waals surface area contributed by atoms with Gasteiger partial charge in [-0.15, -0.1) is 10.2 Å². The summed E-state index contributed by atoms with van der Waals surface area (Å²) in [6.45, 7) is 0.415. The van der Waals surface area contributed by atoms with Crippen molar-refractivity contribution < 1.29 is 14.3 Å². The first-order valence-corrected chi connectivity index (χ1v) is 14.3. The highest BCUT2D eigenvalue weighted by Gasteiger charge is 2.09. The fourth-order valence-electron chi connectivity index (χ4n) is 3.00. The summed E-state index contributed by atoms with van der Waals surface area (Å²) in [4.78, 5) is 12.2. The molecule has 0 radical (unpaired) electrons. The number of carbonyl (C=O) groups excluding carboxylic acids is 1. The number of hydrogen-bond acceptors (Lipinski definition) is 9. The molecule has 0 aliphatic rings. The Labute approximate surface area is 232 Å². The highest BCUT2D eigenvalue weighted by atomic mass is 35.5. The zero-order valence-corrected chi connectivity index (χ0v) is 23.0. The molecule has 0 atom stereocenters. The van der Waals surface area contributed by atoms with Gasteiger partial charge in [0.1, 0.15) is 6.61 Å². The van der Waals surface area contributed by atoms with E-state index in [4.69, 9.17) is 21.1 Å². The van der Waals surface area contributed by atoms with Gasteiger partial charge in [0.15, 0.2) is 20.2 Å². The summed E-state index contributed by atoms with van der Waals surface area (Å²) >= 11 is 10.3. The molecule has 0 aliphatic carbocycles. The van der Waals surface area contributed by atoms with Crippen molar-refractivity contribution in [2.75, 3.05) is 12.9 Å². The number of nitrogens with one attached hydrogen (secondary N) is 1. The minimum atomic E-state index is -0.235. The van der Waals surface area contributed by atoms with Crippen LogP contribution in [0.1, 0.15) is 16.7 Å².